The molecule has 0 saturated carbocycles. The van der Waals surface area contributed by atoms with Gasteiger partial charge in [-0.05, 0) is 48.4 Å². The van der Waals surface area contributed by atoms with Crippen molar-refractivity contribution in [2.75, 3.05) is 19.7 Å². The topological polar surface area (TPSA) is 41.4 Å². The Morgan fingerprint density at radius 1 is 1.28 bits per heavy atom. The number of rotatable bonds is 3. The number of H-pyrrole nitrogens is 1. The number of hydrogen-bond acceptors (Lipinski definition) is 3. The monoisotopic (exact) mass is 354 g/mol. The molecule has 0 spiro atoms. The molecular formula is C20H19ClN2O2. The Morgan fingerprint density at radius 2 is 2.24 bits per heavy atom. The van der Waals surface area contributed by atoms with Crippen molar-refractivity contribution in [2.24, 2.45) is 0 Å². The molecule has 1 aromatic carbocycles. The molecule has 0 aliphatic carbocycles. The van der Waals surface area contributed by atoms with Crippen LogP contribution in [0.15, 0.2) is 52.8 Å². The number of fused-ring (bicyclic) bond motifs is 3. The number of furan rings is 1. The van der Waals surface area contributed by atoms with Gasteiger partial charge in [-0.1, -0.05) is 11.6 Å². The summed E-state index contributed by atoms with van der Waals surface area (Å²) in [7, 11) is 0. The summed E-state index contributed by atoms with van der Waals surface area (Å²) < 4.78 is 11.5. The van der Waals surface area contributed by atoms with Crippen molar-refractivity contribution in [2.45, 2.75) is 18.9 Å². The highest BCUT2D eigenvalue weighted by atomic mass is 35.5. The van der Waals surface area contributed by atoms with E-state index in [9.17, 15) is 0 Å². The molecule has 3 aromatic rings. The fourth-order valence-electron chi connectivity index (χ4n) is 4.03. The molecule has 128 valence electrons. The molecule has 0 bridgehead atoms. The highest BCUT2D eigenvalue weighted by Crippen LogP contribution is 2.39. The van der Waals surface area contributed by atoms with Gasteiger partial charge in [0.05, 0.1) is 19.4 Å². The normalized spacial score (nSPS) is 20.5. The summed E-state index contributed by atoms with van der Waals surface area (Å²) in [5, 5.41) is 1.99. The second-order valence-electron chi connectivity index (χ2n) is 6.65. The van der Waals surface area contributed by atoms with Gasteiger partial charge >= 0.3 is 0 Å². The van der Waals surface area contributed by atoms with Crippen LogP contribution in [0.25, 0.3) is 10.9 Å². The minimum Gasteiger partial charge on any atom is -0.497 e. The second-order valence-corrected chi connectivity index (χ2v) is 7.09. The fourth-order valence-corrected chi connectivity index (χ4v) is 4.20. The molecule has 25 heavy (non-hydrogen) atoms. The fraction of sp³-hybridized carbons (Fsp3) is 0.300. The summed E-state index contributed by atoms with van der Waals surface area (Å²) in [4.78, 5) is 6.04. The molecule has 5 rings (SSSR count). The molecule has 5 heteroatoms. The Labute approximate surface area is 151 Å². The van der Waals surface area contributed by atoms with Crippen LogP contribution in [-0.4, -0.2) is 29.6 Å². The van der Waals surface area contributed by atoms with Crippen LogP contribution in [0.1, 0.15) is 29.5 Å². The highest BCUT2D eigenvalue weighted by molar-refractivity contribution is 6.31. The number of nitrogens with one attached hydrogen (secondary N) is 1. The summed E-state index contributed by atoms with van der Waals surface area (Å²) in [6, 6.07) is 10.1. The second kappa shape index (κ2) is 5.97. The minimum atomic E-state index is 0.0648. The van der Waals surface area contributed by atoms with E-state index in [0.717, 1.165) is 54.6 Å². The van der Waals surface area contributed by atoms with Crippen LogP contribution in [0.2, 0.25) is 5.02 Å². The lowest BCUT2D eigenvalue weighted by Crippen LogP contribution is -2.37. The van der Waals surface area contributed by atoms with Gasteiger partial charge in [-0.25, -0.2) is 0 Å². The number of nitrogens with zero attached hydrogens (tertiary/aromatic N) is 1. The molecule has 0 fully saturated rings. The van der Waals surface area contributed by atoms with Crippen molar-refractivity contribution in [3.05, 3.63) is 70.5 Å². The Hall–Kier alpha value is -2.17. The summed E-state index contributed by atoms with van der Waals surface area (Å²) in [5.74, 6) is 2.02. The first-order chi connectivity index (χ1) is 12.3. The standard InChI is InChI=1S/C20H19ClN2O2/c21-13-5-6-17-16(11-13)15-7-8-23(12-14-3-1-9-24-14)20(19(15)22-17)18-4-2-10-25-18/h2-6,10-11,20,22H,1,7-9,12H2. The maximum absolute atomic E-state index is 6.23. The number of ether oxygens (including phenoxy) is 1. The van der Waals surface area contributed by atoms with Crippen molar-refractivity contribution in [3.63, 3.8) is 0 Å². The lowest BCUT2D eigenvalue weighted by Gasteiger charge is -2.34. The maximum Gasteiger partial charge on any atom is 0.126 e. The quantitative estimate of drug-likeness (QED) is 0.743. The van der Waals surface area contributed by atoms with Crippen LogP contribution in [-0.2, 0) is 11.2 Å². The van der Waals surface area contributed by atoms with Gasteiger partial charge in [0.15, 0.2) is 0 Å². The van der Waals surface area contributed by atoms with E-state index in [2.05, 4.69) is 34.2 Å². The highest BCUT2D eigenvalue weighted by Gasteiger charge is 2.34. The van der Waals surface area contributed by atoms with Crippen LogP contribution < -0.4 is 0 Å². The van der Waals surface area contributed by atoms with E-state index in [4.69, 9.17) is 20.8 Å². The van der Waals surface area contributed by atoms with Crippen LogP contribution in [0.5, 0.6) is 0 Å². The van der Waals surface area contributed by atoms with E-state index in [0.29, 0.717) is 0 Å². The van der Waals surface area contributed by atoms with Crippen LogP contribution in [0, 0.1) is 0 Å². The maximum atomic E-state index is 6.23. The third-order valence-corrected chi connectivity index (χ3v) is 5.37. The molecule has 2 aliphatic heterocycles. The Bertz CT molecular complexity index is 942. The lowest BCUT2D eigenvalue weighted by atomic mass is 9.95. The van der Waals surface area contributed by atoms with Crippen molar-refractivity contribution in [1.82, 2.24) is 9.88 Å². The molecular weight excluding hydrogens is 336 g/mol. The molecule has 2 aromatic heterocycles. The SMILES string of the molecule is Clc1ccc2[nH]c3c(c2c1)CCN(CC1=CCCO1)C3c1ccco1. The molecule has 1 unspecified atom stereocenters. The number of hydrogen-bond donors (Lipinski definition) is 1. The van der Waals surface area contributed by atoms with E-state index in [1.807, 2.05) is 12.1 Å². The Morgan fingerprint density at radius 3 is 3.04 bits per heavy atom. The molecule has 0 radical (unpaired) electrons. The third kappa shape index (κ3) is 2.57. The van der Waals surface area contributed by atoms with E-state index in [1.54, 1.807) is 6.26 Å². The minimum absolute atomic E-state index is 0.0648. The summed E-state index contributed by atoms with van der Waals surface area (Å²) in [5.41, 5.74) is 3.68. The predicted octanol–water partition coefficient (Wildman–Crippen LogP) is 4.67. The largest absolute Gasteiger partial charge is 0.497 e. The number of benzene rings is 1. The predicted molar refractivity (Wildman–Crippen MR) is 97.8 cm³/mol. The van der Waals surface area contributed by atoms with Gasteiger partial charge in [-0.2, -0.15) is 0 Å². The van der Waals surface area contributed by atoms with Crippen LogP contribution in [0.4, 0.5) is 0 Å². The van der Waals surface area contributed by atoms with Crippen LogP contribution >= 0.6 is 11.6 Å². The van der Waals surface area contributed by atoms with E-state index >= 15 is 0 Å². The zero-order chi connectivity index (χ0) is 16.8. The Kier molecular flexibility index (Phi) is 3.61. The Balaban J connectivity index is 1.61. The van der Waals surface area contributed by atoms with Crippen molar-refractivity contribution in [3.8, 4) is 0 Å². The van der Waals surface area contributed by atoms with Crippen molar-refractivity contribution >= 4 is 22.5 Å². The summed E-state index contributed by atoms with van der Waals surface area (Å²) in [6.07, 6.45) is 5.93. The molecule has 4 nitrogen and oxygen atoms in total. The molecule has 1 atom stereocenters. The van der Waals surface area contributed by atoms with Gasteiger partial charge in [0.25, 0.3) is 0 Å². The summed E-state index contributed by atoms with van der Waals surface area (Å²) >= 11 is 6.23. The first-order valence-electron chi connectivity index (χ1n) is 8.69. The first kappa shape index (κ1) is 15.1. The zero-order valence-electron chi connectivity index (χ0n) is 13.8. The van der Waals surface area contributed by atoms with Crippen molar-refractivity contribution < 1.29 is 9.15 Å². The number of aromatic nitrogens is 1. The van der Waals surface area contributed by atoms with Gasteiger partial charge in [0.1, 0.15) is 17.6 Å². The smallest absolute Gasteiger partial charge is 0.126 e. The first-order valence-corrected chi connectivity index (χ1v) is 9.06. The van der Waals surface area contributed by atoms with Gasteiger partial charge in [0.2, 0.25) is 0 Å². The molecule has 1 N–H and O–H groups in total. The molecule has 4 heterocycles. The van der Waals surface area contributed by atoms with E-state index in [1.165, 1.54) is 16.6 Å². The molecule has 0 amide bonds. The van der Waals surface area contributed by atoms with Gasteiger partial charge < -0.3 is 14.1 Å². The van der Waals surface area contributed by atoms with Gasteiger partial charge in [-0.15, -0.1) is 0 Å². The lowest BCUT2D eigenvalue weighted by molar-refractivity contribution is 0.154. The average molecular weight is 355 g/mol. The molecule has 2 aliphatic rings. The van der Waals surface area contributed by atoms with E-state index in [-0.39, 0.29) is 6.04 Å². The zero-order valence-corrected chi connectivity index (χ0v) is 14.6. The van der Waals surface area contributed by atoms with E-state index < -0.39 is 0 Å². The molecule has 0 saturated heterocycles. The number of aromatic amines is 1. The third-order valence-electron chi connectivity index (χ3n) is 5.14. The van der Waals surface area contributed by atoms with Gasteiger partial charge in [0, 0.05) is 34.6 Å². The van der Waals surface area contributed by atoms with Gasteiger partial charge in [-0.3, -0.25) is 4.90 Å². The van der Waals surface area contributed by atoms with Crippen LogP contribution in [0.3, 0.4) is 0 Å². The average Bonchev–Trinajstić information content (AvgIpc) is 3.35. The van der Waals surface area contributed by atoms with Crippen molar-refractivity contribution in [1.29, 1.82) is 0 Å². The summed E-state index contributed by atoms with van der Waals surface area (Å²) in [6.45, 7) is 2.56. The number of halogens is 1.